The minimum Gasteiger partial charge on any atom is -0.481 e. The number of halogens is 2. The third-order valence-corrected chi connectivity index (χ3v) is 5.97. The van der Waals surface area contributed by atoms with Gasteiger partial charge in [-0.05, 0) is 56.2 Å². The summed E-state index contributed by atoms with van der Waals surface area (Å²) in [5.41, 5.74) is 1.42. The smallest absolute Gasteiger partial charge is 0.306 e. The van der Waals surface area contributed by atoms with Gasteiger partial charge in [0.15, 0.2) is 0 Å². The third-order valence-electron chi connectivity index (χ3n) is 5.16. The lowest BCUT2D eigenvalue weighted by Crippen LogP contribution is -2.39. The Bertz CT molecular complexity index is 566. The zero-order valence-corrected chi connectivity index (χ0v) is 14.8. The lowest BCUT2D eigenvalue weighted by molar-refractivity contribution is -0.142. The largest absolute Gasteiger partial charge is 0.481 e. The molecule has 2 fully saturated rings. The van der Waals surface area contributed by atoms with Crippen LogP contribution in [0.25, 0.3) is 0 Å². The molecular weight excluding hydrogens is 366 g/mol. The molecule has 2 aliphatic rings. The number of hydrogen-bond donors (Lipinski definition) is 2. The molecule has 2 N–H and O–H groups in total. The van der Waals surface area contributed by atoms with Gasteiger partial charge in [-0.15, -0.1) is 0 Å². The van der Waals surface area contributed by atoms with Crippen LogP contribution in [0.4, 0.5) is 0 Å². The Morgan fingerprint density at radius 1 is 1.32 bits per heavy atom. The maximum Gasteiger partial charge on any atom is 0.306 e. The van der Waals surface area contributed by atoms with Crippen molar-refractivity contribution in [2.75, 3.05) is 6.54 Å². The zero-order chi connectivity index (χ0) is 15.7. The van der Waals surface area contributed by atoms with Crippen molar-refractivity contribution < 1.29 is 9.90 Å². The second-order valence-electron chi connectivity index (χ2n) is 6.67. The van der Waals surface area contributed by atoms with E-state index in [9.17, 15) is 4.79 Å². The maximum atomic E-state index is 11.0. The summed E-state index contributed by atoms with van der Waals surface area (Å²) in [4.78, 5) is 11.0. The molecule has 0 bridgehead atoms. The zero-order valence-electron chi connectivity index (χ0n) is 12.4. The van der Waals surface area contributed by atoms with Gasteiger partial charge in [-0.25, -0.2) is 0 Å². The fraction of sp³-hybridized carbons (Fsp3) is 0.588. The average molecular weight is 387 g/mol. The Morgan fingerprint density at radius 2 is 2.00 bits per heavy atom. The van der Waals surface area contributed by atoms with Crippen LogP contribution in [-0.4, -0.2) is 23.7 Å². The Balaban J connectivity index is 1.56. The minimum absolute atomic E-state index is 0.145. The first-order valence-corrected chi connectivity index (χ1v) is 9.09. The number of hydrogen-bond acceptors (Lipinski definition) is 2. The van der Waals surface area contributed by atoms with Crippen LogP contribution in [0, 0.1) is 5.92 Å². The van der Waals surface area contributed by atoms with E-state index in [1.165, 1.54) is 18.4 Å². The Hall–Kier alpha value is -0.580. The molecule has 0 aromatic heterocycles. The first-order chi connectivity index (χ1) is 10.5. The maximum absolute atomic E-state index is 11.0. The second kappa shape index (κ2) is 6.50. The fourth-order valence-corrected chi connectivity index (χ4v) is 4.37. The Labute approximate surface area is 144 Å². The molecule has 0 atom stereocenters. The van der Waals surface area contributed by atoms with Crippen molar-refractivity contribution in [3.63, 3.8) is 0 Å². The summed E-state index contributed by atoms with van der Waals surface area (Å²) in [6, 6.07) is 6.60. The molecule has 5 heteroatoms. The van der Waals surface area contributed by atoms with Crippen LogP contribution in [-0.2, 0) is 10.2 Å². The minimum atomic E-state index is -0.640. The first kappa shape index (κ1) is 16.3. The van der Waals surface area contributed by atoms with E-state index < -0.39 is 5.97 Å². The van der Waals surface area contributed by atoms with Gasteiger partial charge in [0.25, 0.3) is 0 Å². The van der Waals surface area contributed by atoms with Crippen LogP contribution in [0.2, 0.25) is 5.02 Å². The fourth-order valence-electron chi connectivity index (χ4n) is 3.50. The van der Waals surface area contributed by atoms with E-state index in [0.29, 0.717) is 6.04 Å². The van der Waals surface area contributed by atoms with E-state index in [4.69, 9.17) is 16.7 Å². The van der Waals surface area contributed by atoms with Gasteiger partial charge >= 0.3 is 5.97 Å². The van der Waals surface area contributed by atoms with Crippen molar-refractivity contribution in [3.05, 3.63) is 33.3 Å². The summed E-state index contributed by atoms with van der Waals surface area (Å²) in [5, 5.41) is 13.6. The molecule has 0 aliphatic heterocycles. The van der Waals surface area contributed by atoms with E-state index in [1.54, 1.807) is 0 Å². The van der Waals surface area contributed by atoms with E-state index in [-0.39, 0.29) is 11.3 Å². The highest BCUT2D eigenvalue weighted by Gasteiger charge is 2.45. The molecule has 3 rings (SSSR count). The first-order valence-electron chi connectivity index (χ1n) is 7.92. The van der Waals surface area contributed by atoms with Crippen LogP contribution in [0.3, 0.4) is 0 Å². The molecule has 0 radical (unpaired) electrons. The van der Waals surface area contributed by atoms with Crippen LogP contribution < -0.4 is 5.32 Å². The van der Waals surface area contributed by atoms with Crippen molar-refractivity contribution in [2.45, 2.75) is 50.0 Å². The van der Waals surface area contributed by atoms with Gasteiger partial charge in [-0.2, -0.15) is 0 Å². The summed E-state index contributed by atoms with van der Waals surface area (Å²) in [6.07, 6.45) is 5.85. The van der Waals surface area contributed by atoms with Gasteiger partial charge in [0.05, 0.1) is 5.92 Å². The number of carboxylic acids is 1. The van der Waals surface area contributed by atoms with Gasteiger partial charge < -0.3 is 10.4 Å². The molecule has 1 aromatic rings. The summed E-state index contributed by atoms with van der Waals surface area (Å²) in [5.74, 6) is -0.785. The van der Waals surface area contributed by atoms with Crippen LogP contribution in [0.5, 0.6) is 0 Å². The number of aliphatic carboxylic acids is 1. The summed E-state index contributed by atoms with van der Waals surface area (Å²) in [6.45, 7) is 0.941. The van der Waals surface area contributed by atoms with Crippen LogP contribution >= 0.6 is 27.5 Å². The van der Waals surface area contributed by atoms with E-state index in [2.05, 4.69) is 33.4 Å². The summed E-state index contributed by atoms with van der Waals surface area (Å²) < 4.78 is 1.01. The molecule has 120 valence electrons. The van der Waals surface area contributed by atoms with Crippen molar-refractivity contribution in [3.8, 4) is 0 Å². The normalized spacial score (nSPS) is 26.6. The number of nitrogens with one attached hydrogen (secondary N) is 1. The van der Waals surface area contributed by atoms with Crippen LogP contribution in [0.1, 0.15) is 44.1 Å². The molecule has 3 nitrogen and oxygen atoms in total. The standard InChI is InChI=1S/C17H21BrClNO2/c18-12-3-6-14(15(19)9-12)17(7-8-17)10-20-13-4-1-11(2-5-13)16(21)22/h3,6,9,11,13,20H,1-2,4-5,7-8,10H2,(H,21,22). The molecule has 0 unspecified atom stereocenters. The molecule has 0 amide bonds. The third kappa shape index (κ3) is 3.50. The van der Waals surface area contributed by atoms with Crippen molar-refractivity contribution >= 4 is 33.5 Å². The SMILES string of the molecule is O=C(O)C1CCC(NCC2(c3ccc(Br)cc3Cl)CC2)CC1. The molecule has 2 saturated carbocycles. The van der Waals surface area contributed by atoms with Gasteiger partial charge in [0, 0.05) is 27.5 Å². The number of carbonyl (C=O) groups is 1. The molecule has 0 spiro atoms. The van der Waals surface area contributed by atoms with Gasteiger partial charge in [0.2, 0.25) is 0 Å². The molecule has 0 saturated heterocycles. The van der Waals surface area contributed by atoms with Gasteiger partial charge in [-0.3, -0.25) is 4.79 Å². The highest BCUT2D eigenvalue weighted by Crippen LogP contribution is 2.50. The van der Waals surface area contributed by atoms with Gasteiger partial charge in [0.1, 0.15) is 0 Å². The number of carboxylic acid groups (broad SMARTS) is 1. The summed E-state index contributed by atoms with van der Waals surface area (Å²) >= 11 is 9.86. The van der Waals surface area contributed by atoms with E-state index >= 15 is 0 Å². The number of benzene rings is 1. The monoisotopic (exact) mass is 385 g/mol. The molecule has 1 aromatic carbocycles. The molecule has 0 heterocycles. The van der Waals surface area contributed by atoms with Gasteiger partial charge in [-0.1, -0.05) is 33.6 Å². The number of rotatable bonds is 5. The highest BCUT2D eigenvalue weighted by molar-refractivity contribution is 9.10. The second-order valence-corrected chi connectivity index (χ2v) is 8.00. The Kier molecular flexibility index (Phi) is 4.81. The Morgan fingerprint density at radius 3 is 2.55 bits per heavy atom. The average Bonchev–Trinajstić information content (AvgIpc) is 3.26. The van der Waals surface area contributed by atoms with E-state index in [0.717, 1.165) is 41.7 Å². The quantitative estimate of drug-likeness (QED) is 0.790. The van der Waals surface area contributed by atoms with E-state index in [1.807, 2.05) is 6.07 Å². The molecule has 2 aliphatic carbocycles. The highest BCUT2D eigenvalue weighted by atomic mass is 79.9. The van der Waals surface area contributed by atoms with Crippen molar-refractivity contribution in [1.29, 1.82) is 0 Å². The van der Waals surface area contributed by atoms with Crippen LogP contribution in [0.15, 0.2) is 22.7 Å². The summed E-state index contributed by atoms with van der Waals surface area (Å²) in [7, 11) is 0. The lowest BCUT2D eigenvalue weighted by Gasteiger charge is -2.29. The predicted octanol–water partition coefficient (Wildman–Crippen LogP) is 4.37. The molecule has 22 heavy (non-hydrogen) atoms. The van der Waals surface area contributed by atoms with Crippen molar-refractivity contribution in [2.24, 2.45) is 5.92 Å². The van der Waals surface area contributed by atoms with Crippen molar-refractivity contribution in [1.82, 2.24) is 5.32 Å². The topological polar surface area (TPSA) is 49.3 Å². The predicted molar refractivity (Wildman–Crippen MR) is 91.4 cm³/mol. The lowest BCUT2D eigenvalue weighted by atomic mass is 9.85. The molecular formula is C17H21BrClNO2.